The first-order valence-electron chi connectivity index (χ1n) is 15.7. The van der Waals surface area contributed by atoms with Gasteiger partial charge in [0, 0.05) is 16.5 Å². The SMILES string of the molecule is CC1(C)c2cc(-c3cc(-c4ccccc4)nc(-c4ccccc4)c3)ccc2-c2cc3c4ccccc4c4ccccc4c3cc21. The molecule has 212 valence electrons. The van der Waals surface area contributed by atoms with E-state index in [0.717, 1.165) is 22.5 Å². The summed E-state index contributed by atoms with van der Waals surface area (Å²) in [5, 5.41) is 7.92. The molecule has 0 unspecified atom stereocenters. The molecule has 0 saturated carbocycles. The van der Waals surface area contributed by atoms with Gasteiger partial charge < -0.3 is 0 Å². The third-order valence-electron chi connectivity index (χ3n) is 9.84. The summed E-state index contributed by atoms with van der Waals surface area (Å²) >= 11 is 0. The Morgan fingerprint density at radius 2 is 0.822 bits per heavy atom. The van der Waals surface area contributed by atoms with Crippen molar-refractivity contribution in [2.45, 2.75) is 19.3 Å². The van der Waals surface area contributed by atoms with Crippen LogP contribution in [0.4, 0.5) is 0 Å². The molecule has 0 fully saturated rings. The standard InChI is InChI=1S/C44H31N/c1-44(2)40-23-30(31-24-42(28-13-5-3-6-14-28)45-43(25-31)29-15-7-4-8-16-29)21-22-36(40)39-26-37-34-19-11-9-17-32(34)33-18-10-12-20-35(33)38(37)27-41(39)44/h3-27H,1-2H3. The minimum Gasteiger partial charge on any atom is -0.248 e. The molecule has 1 heterocycles. The Labute approximate surface area is 263 Å². The zero-order valence-electron chi connectivity index (χ0n) is 25.4. The molecule has 9 rings (SSSR count). The average molecular weight is 574 g/mol. The molecule has 0 spiro atoms. The van der Waals surface area contributed by atoms with E-state index in [9.17, 15) is 0 Å². The summed E-state index contributed by atoms with van der Waals surface area (Å²) in [5.74, 6) is 0. The second-order valence-corrected chi connectivity index (χ2v) is 12.8. The van der Waals surface area contributed by atoms with Gasteiger partial charge in [-0.3, -0.25) is 0 Å². The summed E-state index contributed by atoms with van der Waals surface area (Å²) in [6.45, 7) is 4.77. The van der Waals surface area contributed by atoms with Crippen molar-refractivity contribution in [2.24, 2.45) is 0 Å². The van der Waals surface area contributed by atoms with Gasteiger partial charge in [-0.2, -0.15) is 0 Å². The summed E-state index contributed by atoms with van der Waals surface area (Å²) in [5.41, 5.74) is 11.9. The van der Waals surface area contributed by atoms with Crippen molar-refractivity contribution in [3.05, 3.63) is 163 Å². The fourth-order valence-electron chi connectivity index (χ4n) is 7.52. The highest BCUT2D eigenvalue weighted by Gasteiger charge is 2.36. The molecule has 0 bridgehead atoms. The van der Waals surface area contributed by atoms with Crippen LogP contribution in [0.15, 0.2) is 152 Å². The molecular weight excluding hydrogens is 542 g/mol. The van der Waals surface area contributed by atoms with Gasteiger partial charge in [0.15, 0.2) is 0 Å². The Hall–Kier alpha value is -5.53. The molecule has 0 aliphatic heterocycles. The van der Waals surface area contributed by atoms with Crippen molar-refractivity contribution in [1.82, 2.24) is 4.98 Å². The maximum absolute atomic E-state index is 5.11. The van der Waals surface area contributed by atoms with Crippen molar-refractivity contribution in [1.29, 1.82) is 0 Å². The van der Waals surface area contributed by atoms with E-state index in [4.69, 9.17) is 4.98 Å². The molecule has 1 aliphatic carbocycles. The predicted molar refractivity (Wildman–Crippen MR) is 191 cm³/mol. The van der Waals surface area contributed by atoms with E-state index in [2.05, 4.69) is 166 Å². The molecule has 1 aliphatic rings. The second-order valence-electron chi connectivity index (χ2n) is 12.8. The van der Waals surface area contributed by atoms with Gasteiger partial charge >= 0.3 is 0 Å². The Morgan fingerprint density at radius 3 is 1.38 bits per heavy atom. The quantitative estimate of drug-likeness (QED) is 0.192. The third kappa shape index (κ3) is 3.97. The molecule has 1 heteroatoms. The van der Waals surface area contributed by atoms with Crippen molar-refractivity contribution < 1.29 is 0 Å². The summed E-state index contributed by atoms with van der Waals surface area (Å²) < 4.78 is 0. The maximum atomic E-state index is 5.11. The van der Waals surface area contributed by atoms with Gasteiger partial charge in [-0.15, -0.1) is 0 Å². The predicted octanol–water partition coefficient (Wildman–Crippen LogP) is 11.8. The lowest BCUT2D eigenvalue weighted by Gasteiger charge is -2.23. The van der Waals surface area contributed by atoms with E-state index in [1.165, 1.54) is 65.7 Å². The molecule has 45 heavy (non-hydrogen) atoms. The number of hydrogen-bond acceptors (Lipinski definition) is 1. The highest BCUT2D eigenvalue weighted by Crippen LogP contribution is 2.52. The van der Waals surface area contributed by atoms with Crippen LogP contribution in [0.2, 0.25) is 0 Å². The average Bonchev–Trinajstić information content (AvgIpc) is 3.33. The lowest BCUT2D eigenvalue weighted by atomic mass is 9.80. The minimum atomic E-state index is -0.140. The number of rotatable bonds is 3. The first kappa shape index (κ1) is 25.9. The van der Waals surface area contributed by atoms with Gasteiger partial charge in [-0.25, -0.2) is 4.98 Å². The number of pyridine rings is 1. The monoisotopic (exact) mass is 573 g/mol. The van der Waals surface area contributed by atoms with E-state index < -0.39 is 0 Å². The van der Waals surface area contributed by atoms with Crippen molar-refractivity contribution in [3.63, 3.8) is 0 Å². The summed E-state index contributed by atoms with van der Waals surface area (Å²) in [7, 11) is 0. The van der Waals surface area contributed by atoms with E-state index in [-0.39, 0.29) is 5.41 Å². The molecule has 7 aromatic carbocycles. The third-order valence-corrected chi connectivity index (χ3v) is 9.84. The van der Waals surface area contributed by atoms with Crippen LogP contribution < -0.4 is 0 Å². The molecule has 1 nitrogen and oxygen atoms in total. The van der Waals surface area contributed by atoms with E-state index in [1.807, 2.05) is 0 Å². The molecular formula is C44H31N. The lowest BCUT2D eigenvalue weighted by molar-refractivity contribution is 0.661. The number of nitrogens with zero attached hydrogens (tertiary/aromatic N) is 1. The number of hydrogen-bond donors (Lipinski definition) is 0. The minimum absolute atomic E-state index is 0.140. The van der Waals surface area contributed by atoms with Crippen LogP contribution >= 0.6 is 0 Å². The van der Waals surface area contributed by atoms with Crippen molar-refractivity contribution >= 4 is 32.3 Å². The zero-order chi connectivity index (χ0) is 30.1. The van der Waals surface area contributed by atoms with Crippen LogP contribution in [0.3, 0.4) is 0 Å². The smallest absolute Gasteiger partial charge is 0.0715 e. The topological polar surface area (TPSA) is 12.9 Å². The number of fused-ring (bicyclic) bond motifs is 9. The van der Waals surface area contributed by atoms with Crippen LogP contribution in [-0.2, 0) is 5.41 Å². The first-order chi connectivity index (χ1) is 22.1. The first-order valence-corrected chi connectivity index (χ1v) is 15.7. The molecule has 0 atom stereocenters. The molecule has 8 aromatic rings. The van der Waals surface area contributed by atoms with Crippen molar-refractivity contribution in [3.8, 4) is 44.8 Å². The molecule has 0 radical (unpaired) electrons. The van der Waals surface area contributed by atoms with Gasteiger partial charge in [0.2, 0.25) is 0 Å². The summed E-state index contributed by atoms with van der Waals surface area (Å²) in [6.07, 6.45) is 0. The number of benzene rings is 7. The van der Waals surface area contributed by atoms with Crippen LogP contribution in [0, 0.1) is 0 Å². The van der Waals surface area contributed by atoms with Gasteiger partial charge in [0.1, 0.15) is 0 Å². The highest BCUT2D eigenvalue weighted by molar-refractivity contribution is 6.26. The van der Waals surface area contributed by atoms with Crippen LogP contribution in [0.25, 0.3) is 77.1 Å². The van der Waals surface area contributed by atoms with E-state index in [0.29, 0.717) is 0 Å². The Balaban J connectivity index is 1.25. The van der Waals surface area contributed by atoms with Gasteiger partial charge in [0.05, 0.1) is 11.4 Å². The molecule has 0 N–H and O–H groups in total. The molecule has 0 amide bonds. The van der Waals surface area contributed by atoms with E-state index in [1.54, 1.807) is 0 Å². The fraction of sp³-hybridized carbons (Fsp3) is 0.0682. The maximum Gasteiger partial charge on any atom is 0.0715 e. The highest BCUT2D eigenvalue weighted by atomic mass is 14.7. The van der Waals surface area contributed by atoms with Crippen LogP contribution in [-0.4, -0.2) is 4.98 Å². The molecule has 1 aromatic heterocycles. The second kappa shape index (κ2) is 9.74. The molecule has 0 saturated heterocycles. The largest absolute Gasteiger partial charge is 0.248 e. The summed E-state index contributed by atoms with van der Waals surface area (Å²) in [6, 6.07) is 55.2. The summed E-state index contributed by atoms with van der Waals surface area (Å²) in [4.78, 5) is 5.11. The Kier molecular flexibility index (Phi) is 5.61. The van der Waals surface area contributed by atoms with E-state index >= 15 is 0 Å². The Morgan fingerprint density at radius 1 is 0.356 bits per heavy atom. The van der Waals surface area contributed by atoms with Gasteiger partial charge in [-0.05, 0) is 96.0 Å². The van der Waals surface area contributed by atoms with Gasteiger partial charge in [-0.1, -0.05) is 135 Å². The van der Waals surface area contributed by atoms with Gasteiger partial charge in [0.25, 0.3) is 0 Å². The van der Waals surface area contributed by atoms with Crippen LogP contribution in [0.1, 0.15) is 25.0 Å². The van der Waals surface area contributed by atoms with Crippen molar-refractivity contribution in [2.75, 3.05) is 0 Å². The fourth-order valence-corrected chi connectivity index (χ4v) is 7.52. The Bertz CT molecular complexity index is 2380. The number of aromatic nitrogens is 1. The lowest BCUT2D eigenvalue weighted by Crippen LogP contribution is -2.15. The zero-order valence-corrected chi connectivity index (χ0v) is 25.4. The normalized spacial score (nSPS) is 13.3. The van der Waals surface area contributed by atoms with Crippen LogP contribution in [0.5, 0.6) is 0 Å².